The summed E-state index contributed by atoms with van der Waals surface area (Å²) >= 11 is 5.99. The van der Waals surface area contributed by atoms with Crippen LogP contribution >= 0.6 is 11.6 Å². The van der Waals surface area contributed by atoms with E-state index in [0.29, 0.717) is 23.8 Å². The van der Waals surface area contributed by atoms with Crippen LogP contribution in [0.1, 0.15) is 24.0 Å². The van der Waals surface area contributed by atoms with Crippen molar-refractivity contribution in [3.05, 3.63) is 58.6 Å². The molecule has 0 aliphatic heterocycles. The normalized spacial score (nSPS) is 11.2. The summed E-state index contributed by atoms with van der Waals surface area (Å²) in [6.45, 7) is 4.50. The third-order valence-corrected chi connectivity index (χ3v) is 5.94. The molecule has 0 saturated carbocycles. The first-order valence-electron chi connectivity index (χ1n) is 9.00. The number of carbonyl (C=O) groups is 1. The Balaban J connectivity index is 1.65. The summed E-state index contributed by atoms with van der Waals surface area (Å²) in [5, 5.41) is 3.22. The fourth-order valence-electron chi connectivity index (χ4n) is 2.42. The Morgan fingerprint density at radius 3 is 2.54 bits per heavy atom. The van der Waals surface area contributed by atoms with Crippen LogP contribution in [0.15, 0.2) is 47.4 Å². The van der Waals surface area contributed by atoms with E-state index in [1.807, 2.05) is 26.0 Å². The maximum absolute atomic E-state index is 12.3. The second-order valence-electron chi connectivity index (χ2n) is 6.38. The number of carbonyl (C=O) groups excluding carboxylic acids is 1. The van der Waals surface area contributed by atoms with Crippen LogP contribution in [0.3, 0.4) is 0 Å². The van der Waals surface area contributed by atoms with Gasteiger partial charge >= 0.3 is 0 Å². The summed E-state index contributed by atoms with van der Waals surface area (Å²) in [6.07, 6.45) is 0.819. The van der Waals surface area contributed by atoms with E-state index in [4.69, 9.17) is 16.3 Å². The number of para-hydroxylation sites is 1. The van der Waals surface area contributed by atoms with E-state index in [0.717, 1.165) is 11.1 Å². The first kappa shape index (κ1) is 22.2. The van der Waals surface area contributed by atoms with Gasteiger partial charge in [0.05, 0.1) is 16.5 Å². The van der Waals surface area contributed by atoms with E-state index in [-0.39, 0.29) is 30.3 Å². The van der Waals surface area contributed by atoms with Gasteiger partial charge in [-0.1, -0.05) is 29.8 Å². The summed E-state index contributed by atoms with van der Waals surface area (Å²) < 4.78 is 32.5. The predicted molar refractivity (Wildman–Crippen MR) is 110 cm³/mol. The van der Waals surface area contributed by atoms with Gasteiger partial charge in [0.25, 0.3) is 0 Å². The fourth-order valence-corrected chi connectivity index (χ4v) is 3.72. The second-order valence-corrected chi connectivity index (χ2v) is 8.55. The molecule has 0 aliphatic carbocycles. The number of hydrogen-bond acceptors (Lipinski definition) is 4. The highest BCUT2D eigenvalue weighted by Crippen LogP contribution is 2.23. The van der Waals surface area contributed by atoms with Crippen molar-refractivity contribution in [3.63, 3.8) is 0 Å². The molecule has 0 saturated heterocycles. The number of benzene rings is 2. The molecular formula is C20H25ClN2O4S. The minimum atomic E-state index is -3.59. The van der Waals surface area contributed by atoms with E-state index in [1.54, 1.807) is 30.3 Å². The Morgan fingerprint density at radius 1 is 1.07 bits per heavy atom. The van der Waals surface area contributed by atoms with Gasteiger partial charge in [-0.15, -0.1) is 0 Å². The Morgan fingerprint density at radius 2 is 1.82 bits per heavy atom. The average molecular weight is 425 g/mol. The van der Waals surface area contributed by atoms with Crippen molar-refractivity contribution in [1.29, 1.82) is 0 Å². The number of sulfonamides is 1. The molecule has 2 rings (SSSR count). The van der Waals surface area contributed by atoms with Gasteiger partial charge in [-0.25, -0.2) is 13.1 Å². The van der Waals surface area contributed by atoms with E-state index in [9.17, 15) is 13.2 Å². The zero-order chi connectivity index (χ0) is 20.6. The molecule has 0 fully saturated rings. The van der Waals surface area contributed by atoms with E-state index in [1.165, 1.54) is 0 Å². The lowest BCUT2D eigenvalue weighted by Gasteiger charge is -2.10. The van der Waals surface area contributed by atoms with Crippen LogP contribution < -0.4 is 14.8 Å². The fraction of sp³-hybridized carbons (Fsp3) is 0.350. The number of nitrogens with one attached hydrogen (secondary N) is 2. The van der Waals surface area contributed by atoms with Crippen molar-refractivity contribution in [2.24, 2.45) is 0 Å². The molecule has 2 aromatic rings. The summed E-state index contributed by atoms with van der Waals surface area (Å²) in [5.74, 6) is 0.429. The Bertz CT molecular complexity index is 916. The molecule has 0 radical (unpaired) electrons. The first-order valence-corrected chi connectivity index (χ1v) is 10.9. The molecule has 2 aromatic carbocycles. The van der Waals surface area contributed by atoms with Gasteiger partial charge in [-0.05, 0) is 55.7 Å². The lowest BCUT2D eigenvalue weighted by molar-refractivity contribution is -0.121. The number of ether oxygens (including phenoxy) is 1. The number of hydrogen-bond donors (Lipinski definition) is 2. The first-order chi connectivity index (χ1) is 13.3. The van der Waals surface area contributed by atoms with Crippen LogP contribution in [0.4, 0.5) is 0 Å². The highest BCUT2D eigenvalue weighted by molar-refractivity contribution is 7.89. The summed E-state index contributed by atoms with van der Waals surface area (Å²) in [6, 6.07) is 12.1. The second kappa shape index (κ2) is 10.5. The third kappa shape index (κ3) is 6.82. The Hall–Kier alpha value is -2.09. The number of aryl methyl sites for hydroxylation is 2. The van der Waals surface area contributed by atoms with E-state index >= 15 is 0 Å². The van der Waals surface area contributed by atoms with Gasteiger partial charge in [0, 0.05) is 19.5 Å². The molecule has 2 N–H and O–H groups in total. The maximum atomic E-state index is 12.3. The summed E-state index contributed by atoms with van der Waals surface area (Å²) in [4.78, 5) is 12.0. The van der Waals surface area contributed by atoms with E-state index < -0.39 is 10.0 Å². The monoisotopic (exact) mass is 424 g/mol. The molecule has 1 amide bonds. The van der Waals surface area contributed by atoms with Crippen molar-refractivity contribution in [1.82, 2.24) is 10.0 Å². The molecule has 0 aliphatic rings. The van der Waals surface area contributed by atoms with Crippen LogP contribution in [0, 0.1) is 13.8 Å². The largest absolute Gasteiger partial charge is 0.492 e. The highest BCUT2D eigenvalue weighted by Gasteiger charge is 2.14. The van der Waals surface area contributed by atoms with Crippen molar-refractivity contribution in [2.45, 2.75) is 31.6 Å². The van der Waals surface area contributed by atoms with Crippen LogP contribution in [0.2, 0.25) is 5.02 Å². The summed E-state index contributed by atoms with van der Waals surface area (Å²) in [7, 11) is -3.59. The molecule has 0 spiro atoms. The Labute approximate surface area is 171 Å². The molecule has 6 nitrogen and oxygen atoms in total. The van der Waals surface area contributed by atoms with Gasteiger partial charge in [-0.2, -0.15) is 0 Å². The van der Waals surface area contributed by atoms with Crippen LogP contribution in [0.25, 0.3) is 0 Å². The van der Waals surface area contributed by atoms with Crippen LogP contribution in [0.5, 0.6) is 5.75 Å². The molecule has 8 heteroatoms. The molecule has 0 aromatic heterocycles. The lowest BCUT2D eigenvalue weighted by Crippen LogP contribution is -2.34. The third-order valence-electron chi connectivity index (χ3n) is 4.17. The van der Waals surface area contributed by atoms with Gasteiger partial charge < -0.3 is 10.1 Å². The molecule has 152 valence electrons. The zero-order valence-electron chi connectivity index (χ0n) is 16.0. The maximum Gasteiger partial charge on any atom is 0.240 e. The van der Waals surface area contributed by atoms with Gasteiger partial charge in [-0.3, -0.25) is 4.79 Å². The Kier molecular flexibility index (Phi) is 8.29. The molecule has 28 heavy (non-hydrogen) atoms. The van der Waals surface area contributed by atoms with Crippen molar-refractivity contribution in [3.8, 4) is 5.75 Å². The number of halogens is 1. The molecule has 0 unspecified atom stereocenters. The number of rotatable bonds is 10. The predicted octanol–water partition coefficient (Wildman–Crippen LogP) is 3.21. The van der Waals surface area contributed by atoms with Gasteiger partial charge in [0.1, 0.15) is 5.75 Å². The minimum Gasteiger partial charge on any atom is -0.492 e. The average Bonchev–Trinajstić information content (AvgIpc) is 2.66. The minimum absolute atomic E-state index is 0.122. The zero-order valence-corrected chi connectivity index (χ0v) is 17.6. The summed E-state index contributed by atoms with van der Waals surface area (Å²) in [5.41, 5.74) is 1.94. The van der Waals surface area contributed by atoms with Crippen molar-refractivity contribution >= 4 is 27.5 Å². The topological polar surface area (TPSA) is 84.5 Å². The van der Waals surface area contributed by atoms with E-state index in [2.05, 4.69) is 10.0 Å². The quantitative estimate of drug-likeness (QED) is 0.573. The SMILES string of the molecule is Cc1ccc(S(=O)(=O)NCCNC(=O)CCCOc2ccccc2Cl)cc1C. The standard InChI is InChI=1S/C20H25ClN2O4S/c1-15-9-10-17(14-16(15)2)28(25,26)23-12-11-22-20(24)8-5-13-27-19-7-4-3-6-18(19)21/h3-4,6-7,9-10,14,23H,5,8,11-13H2,1-2H3,(H,22,24). The molecule has 0 bridgehead atoms. The van der Waals surface area contributed by atoms with Gasteiger partial charge in [0.15, 0.2) is 0 Å². The van der Waals surface area contributed by atoms with Crippen molar-refractivity contribution < 1.29 is 17.9 Å². The number of amides is 1. The smallest absolute Gasteiger partial charge is 0.240 e. The van der Waals surface area contributed by atoms with Crippen LogP contribution in [-0.2, 0) is 14.8 Å². The molecule has 0 atom stereocenters. The van der Waals surface area contributed by atoms with Gasteiger partial charge in [0.2, 0.25) is 15.9 Å². The highest BCUT2D eigenvalue weighted by atomic mass is 35.5. The molecule has 0 heterocycles. The lowest BCUT2D eigenvalue weighted by atomic mass is 10.1. The molecular weight excluding hydrogens is 400 g/mol. The van der Waals surface area contributed by atoms with Crippen LogP contribution in [-0.4, -0.2) is 34.0 Å². The van der Waals surface area contributed by atoms with Crippen molar-refractivity contribution in [2.75, 3.05) is 19.7 Å².